The van der Waals surface area contributed by atoms with E-state index in [0.29, 0.717) is 24.5 Å². The number of carbonyl (C=O) groups excluding carboxylic acids is 1. The molecule has 166 valence electrons. The van der Waals surface area contributed by atoms with Crippen LogP contribution in [0.15, 0.2) is 60.8 Å². The summed E-state index contributed by atoms with van der Waals surface area (Å²) in [6.45, 7) is 3.70. The predicted molar refractivity (Wildman–Crippen MR) is 131 cm³/mol. The number of benzene rings is 3. The Labute approximate surface area is 192 Å². The summed E-state index contributed by atoms with van der Waals surface area (Å²) in [7, 11) is 0. The number of nitrogen functional groups attached to an aromatic ring is 2. The quantitative estimate of drug-likeness (QED) is 0.449. The van der Waals surface area contributed by atoms with Crippen molar-refractivity contribution >= 4 is 34.2 Å². The summed E-state index contributed by atoms with van der Waals surface area (Å²) in [6, 6.07) is 18.4. The second-order valence-corrected chi connectivity index (χ2v) is 8.08. The highest BCUT2D eigenvalue weighted by Gasteiger charge is 2.22. The lowest BCUT2D eigenvalue weighted by Crippen LogP contribution is -2.21. The van der Waals surface area contributed by atoms with Gasteiger partial charge in [-0.05, 0) is 59.0 Å². The smallest absolute Gasteiger partial charge is 0.338 e. The van der Waals surface area contributed by atoms with Crippen molar-refractivity contribution < 1.29 is 9.53 Å². The zero-order chi connectivity index (χ0) is 22.9. The number of fused-ring (bicyclic) bond motifs is 2. The molecule has 33 heavy (non-hydrogen) atoms. The molecule has 1 aliphatic rings. The van der Waals surface area contributed by atoms with Crippen LogP contribution in [0.3, 0.4) is 0 Å². The third kappa shape index (κ3) is 3.82. The van der Waals surface area contributed by atoms with E-state index in [2.05, 4.69) is 39.1 Å². The third-order valence-corrected chi connectivity index (χ3v) is 6.08. The lowest BCUT2D eigenvalue weighted by Gasteiger charge is -2.20. The molecule has 0 amide bonds. The van der Waals surface area contributed by atoms with Gasteiger partial charge < -0.3 is 21.1 Å². The second kappa shape index (κ2) is 8.43. The van der Waals surface area contributed by atoms with E-state index in [4.69, 9.17) is 16.2 Å². The minimum Gasteiger partial charge on any atom is -0.462 e. The van der Waals surface area contributed by atoms with Crippen molar-refractivity contribution in [2.45, 2.75) is 19.9 Å². The van der Waals surface area contributed by atoms with Crippen LogP contribution in [-0.4, -0.2) is 29.1 Å². The molecule has 1 aromatic heterocycles. The van der Waals surface area contributed by atoms with Crippen molar-refractivity contribution in [2.75, 3.05) is 29.5 Å². The van der Waals surface area contributed by atoms with Gasteiger partial charge in [0, 0.05) is 30.5 Å². The molecule has 0 saturated heterocycles. The molecule has 0 spiro atoms. The lowest BCUT2D eigenvalue weighted by molar-refractivity contribution is 0.0528. The fourth-order valence-electron chi connectivity index (χ4n) is 4.50. The number of aromatic nitrogens is 2. The number of hydrogen-bond donors (Lipinski definition) is 2. The van der Waals surface area contributed by atoms with Crippen LogP contribution in [0.2, 0.25) is 0 Å². The number of nitrogens with zero attached hydrogens (tertiary/aromatic N) is 3. The van der Waals surface area contributed by atoms with Crippen LogP contribution in [0, 0.1) is 0 Å². The Hall–Kier alpha value is -4.13. The molecule has 0 unspecified atom stereocenters. The second-order valence-electron chi connectivity index (χ2n) is 8.08. The first-order valence-corrected chi connectivity index (χ1v) is 11.0. The topological polar surface area (TPSA) is 107 Å². The molecule has 0 aliphatic carbocycles. The van der Waals surface area contributed by atoms with Gasteiger partial charge in [0.2, 0.25) is 5.95 Å². The molecule has 2 heterocycles. The van der Waals surface area contributed by atoms with E-state index >= 15 is 0 Å². The minimum atomic E-state index is -0.296. The Morgan fingerprint density at radius 1 is 1.09 bits per heavy atom. The number of ether oxygens (including phenoxy) is 1. The molecule has 0 saturated carbocycles. The highest BCUT2D eigenvalue weighted by atomic mass is 16.5. The fraction of sp³-hybridized carbons (Fsp3) is 0.192. The van der Waals surface area contributed by atoms with Crippen molar-refractivity contribution in [3.63, 3.8) is 0 Å². The molecule has 4 N–H and O–H groups in total. The number of rotatable bonds is 5. The first kappa shape index (κ1) is 20.8. The molecule has 1 aliphatic heterocycles. The summed E-state index contributed by atoms with van der Waals surface area (Å²) >= 11 is 0. The zero-order valence-corrected chi connectivity index (χ0v) is 18.4. The summed E-state index contributed by atoms with van der Waals surface area (Å²) < 4.78 is 5.25. The fourth-order valence-corrected chi connectivity index (χ4v) is 4.50. The molecular weight excluding hydrogens is 414 g/mol. The van der Waals surface area contributed by atoms with E-state index in [-0.39, 0.29) is 11.9 Å². The van der Waals surface area contributed by atoms with Gasteiger partial charge in [-0.1, -0.05) is 36.4 Å². The van der Waals surface area contributed by atoms with Gasteiger partial charge in [0.1, 0.15) is 5.82 Å². The predicted octanol–water partition coefficient (Wildman–Crippen LogP) is 4.20. The van der Waals surface area contributed by atoms with Crippen molar-refractivity contribution in [1.29, 1.82) is 0 Å². The van der Waals surface area contributed by atoms with E-state index in [0.717, 1.165) is 40.4 Å². The summed E-state index contributed by atoms with van der Waals surface area (Å²) in [5.41, 5.74) is 17.8. The molecule has 0 atom stereocenters. The minimum absolute atomic E-state index is 0.184. The average Bonchev–Trinajstić information content (AvgIpc) is 3.22. The van der Waals surface area contributed by atoms with Gasteiger partial charge in [0.25, 0.3) is 0 Å². The zero-order valence-electron chi connectivity index (χ0n) is 18.4. The molecule has 4 aromatic rings. The molecule has 3 aromatic carbocycles. The molecular formula is C26H25N5O2. The Morgan fingerprint density at radius 3 is 2.70 bits per heavy atom. The van der Waals surface area contributed by atoms with Crippen LogP contribution < -0.4 is 16.4 Å². The van der Waals surface area contributed by atoms with Gasteiger partial charge in [0.15, 0.2) is 0 Å². The van der Waals surface area contributed by atoms with Crippen LogP contribution in [-0.2, 0) is 17.7 Å². The Kier molecular flexibility index (Phi) is 5.30. The summed E-state index contributed by atoms with van der Waals surface area (Å²) in [5, 5.41) is 1.93. The number of nitrogens with two attached hydrogens (primary N) is 2. The molecule has 0 bridgehead atoms. The van der Waals surface area contributed by atoms with Gasteiger partial charge in [-0.3, -0.25) is 0 Å². The van der Waals surface area contributed by atoms with Gasteiger partial charge >= 0.3 is 5.97 Å². The first-order chi connectivity index (χ1) is 16.0. The van der Waals surface area contributed by atoms with E-state index in [1.165, 1.54) is 11.3 Å². The van der Waals surface area contributed by atoms with Crippen molar-refractivity contribution in [3.05, 3.63) is 77.5 Å². The van der Waals surface area contributed by atoms with Crippen LogP contribution in [0.5, 0.6) is 0 Å². The van der Waals surface area contributed by atoms with Gasteiger partial charge in [-0.2, -0.15) is 4.98 Å². The molecule has 0 fully saturated rings. The monoisotopic (exact) mass is 439 g/mol. The average molecular weight is 440 g/mol. The molecule has 0 radical (unpaired) electrons. The van der Waals surface area contributed by atoms with Gasteiger partial charge in [0.05, 0.1) is 12.2 Å². The summed E-state index contributed by atoms with van der Waals surface area (Å²) in [4.78, 5) is 22.9. The Morgan fingerprint density at radius 2 is 1.91 bits per heavy atom. The maximum atomic E-state index is 12.4. The summed E-state index contributed by atoms with van der Waals surface area (Å²) in [5.74, 6) is 0.306. The SMILES string of the molecule is CCOC(=O)c1ccc(-c2ccc3c(c2)CCN3Cc2cnc(N)nc2N)c2ccccc12. The summed E-state index contributed by atoms with van der Waals surface area (Å²) in [6.07, 6.45) is 2.64. The largest absolute Gasteiger partial charge is 0.462 e. The number of carbonyl (C=O) groups is 1. The van der Waals surface area contributed by atoms with Crippen LogP contribution >= 0.6 is 0 Å². The highest BCUT2D eigenvalue weighted by Crippen LogP contribution is 2.37. The number of anilines is 3. The lowest BCUT2D eigenvalue weighted by atomic mass is 9.94. The Bertz CT molecular complexity index is 1370. The van der Waals surface area contributed by atoms with Gasteiger partial charge in [-0.15, -0.1) is 0 Å². The van der Waals surface area contributed by atoms with E-state index in [1.54, 1.807) is 6.20 Å². The molecule has 7 heteroatoms. The van der Waals surface area contributed by atoms with Crippen molar-refractivity contribution in [3.8, 4) is 11.1 Å². The number of esters is 1. The van der Waals surface area contributed by atoms with Crippen molar-refractivity contribution in [2.24, 2.45) is 0 Å². The van der Waals surface area contributed by atoms with E-state index < -0.39 is 0 Å². The standard InChI is InChI=1S/C26H25N5O2/c1-2-33-25(32)22-9-8-19(20-5-3-4-6-21(20)22)16-7-10-23-17(13-16)11-12-31(23)15-18-14-29-26(28)30-24(18)27/h3-10,13-14H,2,11-12,15H2,1H3,(H4,27,28,29,30). The maximum absolute atomic E-state index is 12.4. The molecule has 5 rings (SSSR count). The number of hydrogen-bond acceptors (Lipinski definition) is 7. The Balaban J connectivity index is 1.49. The van der Waals surface area contributed by atoms with Crippen LogP contribution in [0.4, 0.5) is 17.5 Å². The van der Waals surface area contributed by atoms with E-state index in [1.807, 2.05) is 37.3 Å². The highest BCUT2D eigenvalue weighted by molar-refractivity contribution is 6.09. The normalized spacial score (nSPS) is 12.7. The van der Waals surface area contributed by atoms with Crippen LogP contribution in [0.1, 0.15) is 28.4 Å². The van der Waals surface area contributed by atoms with Crippen molar-refractivity contribution in [1.82, 2.24) is 9.97 Å². The van der Waals surface area contributed by atoms with E-state index in [9.17, 15) is 4.79 Å². The molecule has 7 nitrogen and oxygen atoms in total. The first-order valence-electron chi connectivity index (χ1n) is 11.0. The third-order valence-electron chi connectivity index (χ3n) is 6.08. The van der Waals surface area contributed by atoms with Crippen LogP contribution in [0.25, 0.3) is 21.9 Å². The maximum Gasteiger partial charge on any atom is 0.338 e. The van der Waals surface area contributed by atoms with Gasteiger partial charge in [-0.25, -0.2) is 9.78 Å².